The molecule has 6 heteroatoms. The van der Waals surface area contributed by atoms with Gasteiger partial charge in [-0.1, -0.05) is 29.8 Å². The van der Waals surface area contributed by atoms with Gasteiger partial charge in [0.15, 0.2) is 0 Å². The predicted octanol–water partition coefficient (Wildman–Crippen LogP) is 1.94. The molecular weight excluding hydrogens is 352 g/mol. The maximum Gasteiger partial charge on any atom is 0.254 e. The number of carbonyl (C=O) groups excluding carboxylic acids is 2. The van der Waals surface area contributed by atoms with Crippen LogP contribution in [0.4, 0.5) is 0 Å². The van der Waals surface area contributed by atoms with Crippen molar-refractivity contribution in [2.45, 2.75) is 13.5 Å². The zero-order valence-corrected chi connectivity index (χ0v) is 16.0. The Morgan fingerprint density at radius 1 is 1.14 bits per heavy atom. The Kier molecular flexibility index (Phi) is 6.41. The molecule has 0 bridgehead atoms. The van der Waals surface area contributed by atoms with E-state index in [4.69, 9.17) is 5.26 Å². The maximum absolute atomic E-state index is 13.1. The van der Waals surface area contributed by atoms with E-state index in [2.05, 4.69) is 11.4 Å². The Hall–Kier alpha value is -3.17. The van der Waals surface area contributed by atoms with E-state index in [1.165, 1.54) is 0 Å². The van der Waals surface area contributed by atoms with Crippen molar-refractivity contribution in [2.75, 3.05) is 32.7 Å². The van der Waals surface area contributed by atoms with Crippen molar-refractivity contribution in [3.8, 4) is 6.07 Å². The number of hydrogen-bond donors (Lipinski definition) is 1. The maximum atomic E-state index is 13.1. The van der Waals surface area contributed by atoms with Crippen molar-refractivity contribution >= 4 is 11.8 Å². The molecule has 1 N–H and O–H groups in total. The summed E-state index contributed by atoms with van der Waals surface area (Å²) in [6, 6.07) is 16.5. The lowest BCUT2D eigenvalue weighted by Gasteiger charge is -2.30. The summed E-state index contributed by atoms with van der Waals surface area (Å²) in [5.41, 5.74) is 3.06. The van der Waals surface area contributed by atoms with Crippen molar-refractivity contribution < 1.29 is 9.59 Å². The van der Waals surface area contributed by atoms with E-state index in [1.54, 1.807) is 34.1 Å². The Morgan fingerprint density at radius 3 is 2.50 bits per heavy atom. The Bertz CT molecular complexity index is 880. The highest BCUT2D eigenvalue weighted by Gasteiger charge is 2.23. The van der Waals surface area contributed by atoms with Gasteiger partial charge in [0, 0.05) is 38.3 Å². The molecule has 6 nitrogen and oxygen atoms in total. The molecule has 0 aliphatic carbocycles. The summed E-state index contributed by atoms with van der Waals surface area (Å²) in [7, 11) is 0. The van der Waals surface area contributed by atoms with E-state index in [1.807, 2.05) is 31.2 Å². The molecule has 3 rings (SSSR count). The van der Waals surface area contributed by atoms with E-state index >= 15 is 0 Å². The molecule has 144 valence electrons. The fraction of sp³-hybridized carbons (Fsp3) is 0.318. The zero-order valence-electron chi connectivity index (χ0n) is 16.0. The molecule has 2 aromatic carbocycles. The van der Waals surface area contributed by atoms with Crippen LogP contribution in [0, 0.1) is 18.3 Å². The van der Waals surface area contributed by atoms with E-state index in [-0.39, 0.29) is 18.4 Å². The second-order valence-corrected chi connectivity index (χ2v) is 6.97. The van der Waals surface area contributed by atoms with Gasteiger partial charge in [-0.05, 0) is 36.8 Å². The van der Waals surface area contributed by atoms with Gasteiger partial charge in [-0.25, -0.2) is 0 Å². The molecule has 0 aromatic heterocycles. The number of nitriles is 1. The SMILES string of the molecule is Cc1cccc(CN(CC(=O)N2CCNCC2)C(=O)c2ccc(C#N)cc2)c1. The summed E-state index contributed by atoms with van der Waals surface area (Å²) >= 11 is 0. The minimum Gasteiger partial charge on any atom is -0.339 e. The van der Waals surface area contributed by atoms with E-state index in [0.717, 1.165) is 24.2 Å². The summed E-state index contributed by atoms with van der Waals surface area (Å²) in [4.78, 5) is 29.3. The predicted molar refractivity (Wildman–Crippen MR) is 107 cm³/mol. The molecule has 1 heterocycles. The summed E-state index contributed by atoms with van der Waals surface area (Å²) < 4.78 is 0. The van der Waals surface area contributed by atoms with E-state index < -0.39 is 0 Å². The first-order valence-corrected chi connectivity index (χ1v) is 9.40. The Balaban J connectivity index is 1.80. The van der Waals surface area contributed by atoms with Crippen LogP contribution in [0.15, 0.2) is 48.5 Å². The van der Waals surface area contributed by atoms with Gasteiger partial charge in [-0.3, -0.25) is 9.59 Å². The van der Waals surface area contributed by atoms with Crippen LogP contribution in [0.2, 0.25) is 0 Å². The van der Waals surface area contributed by atoms with Crippen molar-refractivity contribution in [2.24, 2.45) is 0 Å². The van der Waals surface area contributed by atoms with Gasteiger partial charge in [0.05, 0.1) is 11.6 Å². The minimum absolute atomic E-state index is 0.0345. The van der Waals surface area contributed by atoms with Gasteiger partial charge in [0.1, 0.15) is 6.54 Å². The molecular formula is C22H24N4O2. The molecule has 0 saturated carbocycles. The lowest BCUT2D eigenvalue weighted by Crippen LogP contribution is -2.50. The normalized spacial score (nSPS) is 13.6. The van der Waals surface area contributed by atoms with Gasteiger partial charge in [0.25, 0.3) is 5.91 Å². The quantitative estimate of drug-likeness (QED) is 0.865. The molecule has 1 fully saturated rings. The topological polar surface area (TPSA) is 76.4 Å². The fourth-order valence-electron chi connectivity index (χ4n) is 3.28. The van der Waals surface area contributed by atoms with Crippen molar-refractivity contribution in [3.05, 3.63) is 70.8 Å². The van der Waals surface area contributed by atoms with E-state index in [0.29, 0.717) is 30.8 Å². The number of hydrogen-bond acceptors (Lipinski definition) is 4. The molecule has 28 heavy (non-hydrogen) atoms. The van der Waals surface area contributed by atoms with Crippen molar-refractivity contribution in [3.63, 3.8) is 0 Å². The van der Waals surface area contributed by atoms with Gasteiger partial charge in [-0.2, -0.15) is 5.26 Å². The molecule has 0 spiro atoms. The monoisotopic (exact) mass is 376 g/mol. The molecule has 2 amide bonds. The molecule has 1 aliphatic rings. The number of nitrogens with one attached hydrogen (secondary N) is 1. The molecule has 0 unspecified atom stereocenters. The average molecular weight is 376 g/mol. The Labute approximate surface area is 165 Å². The van der Waals surface area contributed by atoms with Crippen molar-refractivity contribution in [1.29, 1.82) is 5.26 Å². The Morgan fingerprint density at radius 2 is 1.86 bits per heavy atom. The van der Waals surface area contributed by atoms with Crippen LogP contribution in [0.1, 0.15) is 27.0 Å². The van der Waals surface area contributed by atoms with Gasteiger partial charge in [0.2, 0.25) is 5.91 Å². The number of amides is 2. The van der Waals surface area contributed by atoms with Gasteiger partial charge >= 0.3 is 0 Å². The van der Waals surface area contributed by atoms with Gasteiger partial charge in [-0.15, -0.1) is 0 Å². The number of nitrogens with zero attached hydrogens (tertiary/aromatic N) is 3. The number of carbonyl (C=O) groups is 2. The summed E-state index contributed by atoms with van der Waals surface area (Å²) in [5, 5.41) is 12.2. The first-order chi connectivity index (χ1) is 13.6. The largest absolute Gasteiger partial charge is 0.339 e. The molecule has 2 aromatic rings. The van der Waals surface area contributed by atoms with Crippen LogP contribution in [-0.2, 0) is 11.3 Å². The number of benzene rings is 2. The number of piperazine rings is 1. The van der Waals surface area contributed by atoms with Crippen LogP contribution >= 0.6 is 0 Å². The third-order valence-electron chi connectivity index (χ3n) is 4.80. The van der Waals surface area contributed by atoms with Crippen LogP contribution in [-0.4, -0.2) is 54.3 Å². The van der Waals surface area contributed by atoms with E-state index in [9.17, 15) is 9.59 Å². The summed E-state index contributed by atoms with van der Waals surface area (Å²) in [6.07, 6.45) is 0. The second kappa shape index (κ2) is 9.16. The molecule has 0 atom stereocenters. The van der Waals surface area contributed by atoms with Crippen LogP contribution in [0.3, 0.4) is 0 Å². The first-order valence-electron chi connectivity index (χ1n) is 9.40. The fourth-order valence-corrected chi connectivity index (χ4v) is 3.28. The second-order valence-electron chi connectivity index (χ2n) is 6.97. The first kappa shape index (κ1) is 19.6. The third-order valence-corrected chi connectivity index (χ3v) is 4.80. The lowest BCUT2D eigenvalue weighted by atomic mass is 10.1. The summed E-state index contributed by atoms with van der Waals surface area (Å²) in [6.45, 7) is 5.25. The third kappa shape index (κ3) is 4.96. The average Bonchev–Trinajstić information content (AvgIpc) is 2.73. The van der Waals surface area contributed by atoms with Gasteiger partial charge < -0.3 is 15.1 Å². The number of aryl methyl sites for hydroxylation is 1. The van der Waals surface area contributed by atoms with Crippen molar-refractivity contribution in [1.82, 2.24) is 15.1 Å². The minimum atomic E-state index is -0.213. The summed E-state index contributed by atoms with van der Waals surface area (Å²) in [5.74, 6) is -0.259. The zero-order chi connectivity index (χ0) is 19.9. The molecule has 1 saturated heterocycles. The smallest absolute Gasteiger partial charge is 0.254 e. The highest BCUT2D eigenvalue weighted by atomic mass is 16.2. The lowest BCUT2D eigenvalue weighted by molar-refractivity contribution is -0.132. The molecule has 0 radical (unpaired) electrons. The number of rotatable bonds is 5. The van der Waals surface area contributed by atoms with Crippen LogP contribution in [0.25, 0.3) is 0 Å². The molecule has 1 aliphatic heterocycles. The highest BCUT2D eigenvalue weighted by molar-refractivity contribution is 5.96. The standard InChI is InChI=1S/C22H24N4O2/c1-17-3-2-4-19(13-17)15-26(16-21(27)25-11-9-24-10-12-25)22(28)20-7-5-18(14-23)6-8-20/h2-8,13,24H,9-12,15-16H2,1H3. The van der Waals surface area contributed by atoms with Crippen LogP contribution in [0.5, 0.6) is 0 Å². The highest BCUT2D eigenvalue weighted by Crippen LogP contribution is 2.13. The van der Waals surface area contributed by atoms with Crippen LogP contribution < -0.4 is 5.32 Å².